The molecule has 76 valence electrons. The van der Waals surface area contributed by atoms with Gasteiger partial charge in [0.2, 0.25) is 0 Å². The lowest BCUT2D eigenvalue weighted by Crippen LogP contribution is -2.03. The summed E-state index contributed by atoms with van der Waals surface area (Å²) in [5.41, 5.74) is 0. The second-order valence-corrected chi connectivity index (χ2v) is 3.71. The summed E-state index contributed by atoms with van der Waals surface area (Å²) in [6.45, 7) is 5.22. The molecule has 0 amide bonds. The molecule has 0 radical (unpaired) electrons. The van der Waals surface area contributed by atoms with Crippen molar-refractivity contribution in [2.24, 2.45) is 4.99 Å². The Hall–Kier alpha value is -0.530. The third kappa shape index (κ3) is 3.79. The third-order valence-electron chi connectivity index (χ3n) is 2.48. The second-order valence-electron chi connectivity index (χ2n) is 3.71. The quantitative estimate of drug-likeness (QED) is 0.580. The van der Waals surface area contributed by atoms with Crippen LogP contribution in [0.2, 0.25) is 0 Å². The molecular weight excluding hydrogens is 162 g/mol. The van der Waals surface area contributed by atoms with Crippen LogP contribution in [-0.4, -0.2) is 18.5 Å². The van der Waals surface area contributed by atoms with E-state index in [1.54, 1.807) is 0 Å². The Labute approximate surface area is 81.4 Å². The molecule has 1 heterocycles. The Morgan fingerprint density at radius 1 is 1.31 bits per heavy atom. The van der Waals surface area contributed by atoms with Crippen molar-refractivity contribution < 1.29 is 4.74 Å². The fourth-order valence-electron chi connectivity index (χ4n) is 1.52. The minimum Gasteiger partial charge on any atom is -0.479 e. The zero-order chi connectivity index (χ0) is 9.52. The van der Waals surface area contributed by atoms with Gasteiger partial charge in [-0.1, -0.05) is 33.1 Å². The van der Waals surface area contributed by atoms with E-state index < -0.39 is 0 Å². The molecular formula is C11H21NO. The van der Waals surface area contributed by atoms with Gasteiger partial charge in [-0.2, -0.15) is 0 Å². The van der Waals surface area contributed by atoms with E-state index in [0.717, 1.165) is 25.3 Å². The molecule has 0 spiro atoms. The van der Waals surface area contributed by atoms with Crippen LogP contribution >= 0.6 is 0 Å². The minimum absolute atomic E-state index is 0.446. The summed E-state index contributed by atoms with van der Waals surface area (Å²) in [7, 11) is 0. The van der Waals surface area contributed by atoms with Crippen LogP contribution in [0.5, 0.6) is 0 Å². The standard InChI is InChI=1S/C11H21NO/c1-3-5-6-7-8-11-12-10(4-2)9-13-11/h10H,3-9H2,1-2H3. The first kappa shape index (κ1) is 10.6. The molecule has 0 fully saturated rings. The lowest BCUT2D eigenvalue weighted by atomic mass is 10.1. The van der Waals surface area contributed by atoms with E-state index in [2.05, 4.69) is 18.8 Å². The van der Waals surface area contributed by atoms with E-state index in [1.807, 2.05) is 0 Å². The summed E-state index contributed by atoms with van der Waals surface area (Å²) in [6, 6.07) is 0.446. The molecule has 0 aromatic carbocycles. The molecule has 0 saturated carbocycles. The lowest BCUT2D eigenvalue weighted by Gasteiger charge is -2.00. The Morgan fingerprint density at radius 3 is 2.77 bits per heavy atom. The second kappa shape index (κ2) is 6.01. The molecule has 1 aliphatic rings. The van der Waals surface area contributed by atoms with Crippen LogP contribution in [0.15, 0.2) is 4.99 Å². The fourth-order valence-corrected chi connectivity index (χ4v) is 1.52. The summed E-state index contributed by atoms with van der Waals surface area (Å²) in [5, 5.41) is 0. The highest BCUT2D eigenvalue weighted by molar-refractivity contribution is 5.77. The van der Waals surface area contributed by atoms with Crippen LogP contribution in [-0.2, 0) is 4.74 Å². The Balaban J connectivity index is 2.08. The van der Waals surface area contributed by atoms with E-state index in [1.165, 1.54) is 25.7 Å². The first-order valence-corrected chi connectivity index (χ1v) is 5.56. The summed E-state index contributed by atoms with van der Waals surface area (Å²) >= 11 is 0. The van der Waals surface area contributed by atoms with Crippen molar-refractivity contribution in [3.8, 4) is 0 Å². The average molecular weight is 183 g/mol. The maximum absolute atomic E-state index is 5.49. The number of hydrogen-bond donors (Lipinski definition) is 0. The molecule has 1 atom stereocenters. The number of rotatable bonds is 6. The molecule has 2 heteroatoms. The molecule has 0 aromatic heterocycles. The molecule has 13 heavy (non-hydrogen) atoms. The van der Waals surface area contributed by atoms with Crippen LogP contribution in [0, 0.1) is 0 Å². The Morgan fingerprint density at radius 2 is 2.15 bits per heavy atom. The number of aliphatic imine (C=N–C) groups is 1. The average Bonchev–Trinajstić information content (AvgIpc) is 2.60. The SMILES string of the molecule is CCCCCCC1=NC(CC)CO1. The van der Waals surface area contributed by atoms with Gasteiger partial charge in [0.25, 0.3) is 0 Å². The van der Waals surface area contributed by atoms with Gasteiger partial charge in [-0.3, -0.25) is 0 Å². The molecule has 1 aliphatic heterocycles. The molecule has 0 aromatic rings. The monoisotopic (exact) mass is 183 g/mol. The molecule has 0 aliphatic carbocycles. The van der Waals surface area contributed by atoms with Gasteiger partial charge in [-0.15, -0.1) is 0 Å². The van der Waals surface area contributed by atoms with Crippen molar-refractivity contribution in [3.05, 3.63) is 0 Å². The van der Waals surface area contributed by atoms with Crippen molar-refractivity contribution in [2.75, 3.05) is 6.61 Å². The number of nitrogens with zero attached hydrogens (tertiary/aromatic N) is 1. The summed E-state index contributed by atoms with van der Waals surface area (Å²) < 4.78 is 5.49. The fraction of sp³-hybridized carbons (Fsp3) is 0.909. The molecule has 0 saturated heterocycles. The van der Waals surface area contributed by atoms with Crippen molar-refractivity contribution in [1.29, 1.82) is 0 Å². The van der Waals surface area contributed by atoms with Crippen molar-refractivity contribution in [1.82, 2.24) is 0 Å². The maximum atomic E-state index is 5.49. The van der Waals surface area contributed by atoms with Gasteiger partial charge in [-0.25, -0.2) is 4.99 Å². The van der Waals surface area contributed by atoms with Gasteiger partial charge in [0.1, 0.15) is 6.61 Å². The Bertz CT molecular complexity index is 165. The first-order valence-electron chi connectivity index (χ1n) is 5.56. The highest BCUT2D eigenvalue weighted by Crippen LogP contribution is 2.12. The van der Waals surface area contributed by atoms with E-state index in [9.17, 15) is 0 Å². The van der Waals surface area contributed by atoms with Crippen LogP contribution in [0.25, 0.3) is 0 Å². The minimum atomic E-state index is 0.446. The van der Waals surface area contributed by atoms with Gasteiger partial charge in [-0.05, 0) is 12.8 Å². The number of hydrogen-bond acceptors (Lipinski definition) is 2. The van der Waals surface area contributed by atoms with E-state index in [-0.39, 0.29) is 0 Å². The largest absolute Gasteiger partial charge is 0.479 e. The van der Waals surface area contributed by atoms with Gasteiger partial charge >= 0.3 is 0 Å². The summed E-state index contributed by atoms with van der Waals surface area (Å²) in [6.07, 6.45) is 7.35. The zero-order valence-electron chi connectivity index (χ0n) is 8.88. The topological polar surface area (TPSA) is 21.6 Å². The van der Waals surface area contributed by atoms with Crippen LogP contribution in [0.1, 0.15) is 52.4 Å². The van der Waals surface area contributed by atoms with Crippen LogP contribution < -0.4 is 0 Å². The predicted octanol–water partition coefficient (Wildman–Crippen LogP) is 3.16. The smallest absolute Gasteiger partial charge is 0.183 e. The number of unbranched alkanes of at least 4 members (excludes halogenated alkanes) is 3. The predicted molar refractivity (Wildman–Crippen MR) is 56.2 cm³/mol. The molecule has 1 rings (SSSR count). The summed E-state index contributed by atoms with van der Waals surface area (Å²) in [4.78, 5) is 4.50. The van der Waals surface area contributed by atoms with Crippen molar-refractivity contribution in [3.63, 3.8) is 0 Å². The normalized spacial score (nSPS) is 21.4. The lowest BCUT2D eigenvalue weighted by molar-refractivity contribution is 0.306. The van der Waals surface area contributed by atoms with Crippen molar-refractivity contribution in [2.45, 2.75) is 58.4 Å². The van der Waals surface area contributed by atoms with Gasteiger partial charge in [0.15, 0.2) is 5.90 Å². The maximum Gasteiger partial charge on any atom is 0.183 e. The van der Waals surface area contributed by atoms with Gasteiger partial charge in [0, 0.05) is 6.42 Å². The Kier molecular flexibility index (Phi) is 4.87. The van der Waals surface area contributed by atoms with E-state index in [0.29, 0.717) is 6.04 Å². The first-order chi connectivity index (χ1) is 6.36. The van der Waals surface area contributed by atoms with E-state index in [4.69, 9.17) is 4.74 Å². The van der Waals surface area contributed by atoms with Crippen molar-refractivity contribution >= 4 is 5.90 Å². The molecule has 0 bridgehead atoms. The molecule has 0 N–H and O–H groups in total. The molecule has 1 unspecified atom stereocenters. The number of ether oxygens (including phenoxy) is 1. The van der Waals surface area contributed by atoms with Crippen LogP contribution in [0.3, 0.4) is 0 Å². The highest BCUT2D eigenvalue weighted by Gasteiger charge is 2.15. The highest BCUT2D eigenvalue weighted by atomic mass is 16.5. The zero-order valence-corrected chi connectivity index (χ0v) is 8.88. The third-order valence-corrected chi connectivity index (χ3v) is 2.48. The van der Waals surface area contributed by atoms with Crippen LogP contribution in [0.4, 0.5) is 0 Å². The van der Waals surface area contributed by atoms with Gasteiger partial charge in [0.05, 0.1) is 6.04 Å². The van der Waals surface area contributed by atoms with Gasteiger partial charge < -0.3 is 4.74 Å². The van der Waals surface area contributed by atoms with E-state index >= 15 is 0 Å². The molecule has 2 nitrogen and oxygen atoms in total. The summed E-state index contributed by atoms with van der Waals surface area (Å²) in [5.74, 6) is 1.00.